The molecule has 2 fully saturated rings. The van der Waals surface area contributed by atoms with E-state index in [1.165, 1.54) is 38.5 Å². The zero-order valence-electron chi connectivity index (χ0n) is 11.9. The highest BCUT2D eigenvalue weighted by Gasteiger charge is 2.34. The van der Waals surface area contributed by atoms with E-state index in [9.17, 15) is 0 Å². The summed E-state index contributed by atoms with van der Waals surface area (Å²) in [5, 5.41) is 3.73. The molecule has 1 N–H and O–H groups in total. The first-order chi connectivity index (χ1) is 8.56. The molecule has 2 saturated carbocycles. The highest BCUT2D eigenvalue weighted by molar-refractivity contribution is 5.33. The predicted octanol–water partition coefficient (Wildman–Crippen LogP) is 3.91. The molecule has 18 heavy (non-hydrogen) atoms. The van der Waals surface area contributed by atoms with Crippen LogP contribution in [0.4, 0.5) is 5.95 Å². The van der Waals surface area contributed by atoms with Crippen molar-refractivity contribution in [1.29, 1.82) is 0 Å². The van der Waals surface area contributed by atoms with Gasteiger partial charge in [0.1, 0.15) is 0 Å². The highest BCUT2D eigenvalue weighted by atomic mass is 15.2. The molecule has 0 aromatic carbocycles. The number of aryl methyl sites for hydroxylation is 1. The van der Waals surface area contributed by atoms with Crippen LogP contribution in [-0.2, 0) is 0 Å². The molecule has 0 aliphatic heterocycles. The SMILES string of the molecule is Cc1cn(C2CC2)c(NC2CCCCC2(C)C)n1. The molecule has 1 aromatic rings. The molecular weight excluding hydrogens is 222 g/mol. The van der Waals surface area contributed by atoms with Crippen LogP contribution in [0.3, 0.4) is 0 Å². The molecule has 0 bridgehead atoms. The third-order valence-electron chi connectivity index (χ3n) is 4.60. The van der Waals surface area contributed by atoms with Crippen LogP contribution in [0.5, 0.6) is 0 Å². The zero-order chi connectivity index (χ0) is 12.8. The van der Waals surface area contributed by atoms with Gasteiger partial charge in [-0.15, -0.1) is 0 Å². The minimum absolute atomic E-state index is 0.395. The Morgan fingerprint density at radius 3 is 2.72 bits per heavy atom. The first-order valence-corrected chi connectivity index (χ1v) is 7.38. The fourth-order valence-electron chi connectivity index (χ4n) is 3.17. The second-order valence-corrected chi connectivity index (χ2v) is 6.78. The first-order valence-electron chi connectivity index (χ1n) is 7.38. The number of anilines is 1. The average molecular weight is 247 g/mol. The minimum Gasteiger partial charge on any atom is -0.352 e. The van der Waals surface area contributed by atoms with Gasteiger partial charge in [-0.2, -0.15) is 0 Å². The van der Waals surface area contributed by atoms with Crippen LogP contribution in [0.1, 0.15) is 64.1 Å². The molecule has 0 saturated heterocycles. The maximum absolute atomic E-state index is 4.68. The number of aromatic nitrogens is 2. The van der Waals surface area contributed by atoms with Gasteiger partial charge in [-0.1, -0.05) is 26.7 Å². The Morgan fingerprint density at radius 2 is 2.06 bits per heavy atom. The molecule has 2 aliphatic carbocycles. The van der Waals surface area contributed by atoms with E-state index in [0.717, 1.165) is 11.6 Å². The number of hydrogen-bond donors (Lipinski definition) is 1. The van der Waals surface area contributed by atoms with Gasteiger partial charge in [0.05, 0.1) is 5.69 Å². The van der Waals surface area contributed by atoms with E-state index in [4.69, 9.17) is 0 Å². The number of nitrogens with one attached hydrogen (secondary N) is 1. The lowest BCUT2D eigenvalue weighted by atomic mass is 9.73. The van der Waals surface area contributed by atoms with Crippen molar-refractivity contribution in [2.75, 3.05) is 5.32 Å². The Balaban J connectivity index is 1.79. The standard InChI is InChI=1S/C15H25N3/c1-11-10-18(12-7-8-12)14(16-11)17-13-6-4-5-9-15(13,2)3/h10,12-13H,4-9H2,1-3H3,(H,16,17). The first kappa shape index (κ1) is 12.1. The summed E-state index contributed by atoms with van der Waals surface area (Å²) in [4.78, 5) is 4.68. The van der Waals surface area contributed by atoms with Crippen molar-refractivity contribution in [3.05, 3.63) is 11.9 Å². The van der Waals surface area contributed by atoms with Crippen LogP contribution in [0.25, 0.3) is 0 Å². The molecule has 100 valence electrons. The average Bonchev–Trinajstić information content (AvgIpc) is 3.07. The van der Waals surface area contributed by atoms with Crippen molar-refractivity contribution in [3.63, 3.8) is 0 Å². The van der Waals surface area contributed by atoms with Crippen LogP contribution in [0.15, 0.2) is 6.20 Å². The third-order valence-corrected chi connectivity index (χ3v) is 4.60. The van der Waals surface area contributed by atoms with Crippen molar-refractivity contribution >= 4 is 5.95 Å². The molecule has 0 radical (unpaired) electrons. The molecule has 2 aliphatic rings. The maximum atomic E-state index is 4.68. The van der Waals surface area contributed by atoms with Crippen molar-refractivity contribution in [2.45, 2.75) is 71.4 Å². The maximum Gasteiger partial charge on any atom is 0.203 e. The Bertz CT molecular complexity index is 429. The number of imidazole rings is 1. The fourth-order valence-corrected chi connectivity index (χ4v) is 3.17. The summed E-state index contributed by atoms with van der Waals surface area (Å²) in [6.45, 7) is 6.87. The summed E-state index contributed by atoms with van der Waals surface area (Å²) in [6.07, 6.45) is 10.2. The zero-order valence-corrected chi connectivity index (χ0v) is 11.9. The largest absolute Gasteiger partial charge is 0.352 e. The molecule has 3 heteroatoms. The highest BCUT2D eigenvalue weighted by Crippen LogP contribution is 2.40. The Morgan fingerprint density at radius 1 is 1.28 bits per heavy atom. The molecule has 1 atom stereocenters. The van der Waals surface area contributed by atoms with E-state index >= 15 is 0 Å². The number of rotatable bonds is 3. The van der Waals surface area contributed by atoms with E-state index in [2.05, 4.69) is 41.8 Å². The van der Waals surface area contributed by atoms with Crippen molar-refractivity contribution in [3.8, 4) is 0 Å². The number of hydrogen-bond acceptors (Lipinski definition) is 2. The van der Waals surface area contributed by atoms with Gasteiger partial charge in [0.2, 0.25) is 5.95 Å². The van der Waals surface area contributed by atoms with Gasteiger partial charge in [-0.05, 0) is 38.0 Å². The third kappa shape index (κ3) is 2.27. The lowest BCUT2D eigenvalue weighted by molar-refractivity contribution is 0.216. The van der Waals surface area contributed by atoms with Crippen LogP contribution in [-0.4, -0.2) is 15.6 Å². The molecule has 0 spiro atoms. The molecule has 3 nitrogen and oxygen atoms in total. The second-order valence-electron chi connectivity index (χ2n) is 6.78. The van der Waals surface area contributed by atoms with Crippen LogP contribution in [0, 0.1) is 12.3 Å². The van der Waals surface area contributed by atoms with E-state index < -0.39 is 0 Å². The van der Waals surface area contributed by atoms with Crippen molar-refractivity contribution < 1.29 is 0 Å². The molecular formula is C15H25N3. The summed E-state index contributed by atoms with van der Waals surface area (Å²) in [6, 6.07) is 1.28. The summed E-state index contributed by atoms with van der Waals surface area (Å²) in [5.74, 6) is 1.11. The van der Waals surface area contributed by atoms with Crippen molar-refractivity contribution in [2.24, 2.45) is 5.41 Å². The lowest BCUT2D eigenvalue weighted by Crippen LogP contribution is -2.39. The van der Waals surface area contributed by atoms with E-state index in [1.807, 2.05) is 0 Å². The smallest absolute Gasteiger partial charge is 0.203 e. The van der Waals surface area contributed by atoms with Gasteiger partial charge in [0, 0.05) is 18.3 Å². The van der Waals surface area contributed by atoms with Crippen LogP contribution in [0.2, 0.25) is 0 Å². The number of nitrogens with zero attached hydrogens (tertiary/aromatic N) is 2. The monoisotopic (exact) mass is 247 g/mol. The van der Waals surface area contributed by atoms with E-state index in [0.29, 0.717) is 17.5 Å². The fraction of sp³-hybridized carbons (Fsp3) is 0.800. The molecule has 1 heterocycles. The van der Waals surface area contributed by atoms with Crippen LogP contribution < -0.4 is 5.32 Å². The van der Waals surface area contributed by atoms with Crippen LogP contribution >= 0.6 is 0 Å². The summed E-state index contributed by atoms with van der Waals surface area (Å²) >= 11 is 0. The van der Waals surface area contributed by atoms with E-state index in [1.54, 1.807) is 0 Å². The minimum atomic E-state index is 0.395. The predicted molar refractivity (Wildman–Crippen MR) is 74.9 cm³/mol. The molecule has 3 rings (SSSR count). The van der Waals surface area contributed by atoms with E-state index in [-0.39, 0.29) is 0 Å². The van der Waals surface area contributed by atoms with Gasteiger partial charge in [0.15, 0.2) is 0 Å². The topological polar surface area (TPSA) is 29.9 Å². The summed E-state index contributed by atoms with van der Waals surface area (Å²) in [5.41, 5.74) is 1.53. The van der Waals surface area contributed by atoms with Gasteiger partial charge in [-0.25, -0.2) is 4.98 Å². The Hall–Kier alpha value is -0.990. The summed E-state index contributed by atoms with van der Waals surface area (Å²) in [7, 11) is 0. The van der Waals surface area contributed by atoms with Gasteiger partial charge in [-0.3, -0.25) is 0 Å². The quantitative estimate of drug-likeness (QED) is 0.877. The van der Waals surface area contributed by atoms with Gasteiger partial charge < -0.3 is 9.88 Å². The summed E-state index contributed by atoms with van der Waals surface area (Å²) < 4.78 is 2.36. The van der Waals surface area contributed by atoms with Gasteiger partial charge in [0.25, 0.3) is 0 Å². The van der Waals surface area contributed by atoms with Gasteiger partial charge >= 0.3 is 0 Å². The lowest BCUT2D eigenvalue weighted by Gasteiger charge is -2.39. The Labute approximate surface area is 110 Å². The Kier molecular flexibility index (Phi) is 2.87. The molecule has 0 amide bonds. The van der Waals surface area contributed by atoms with Crippen molar-refractivity contribution in [1.82, 2.24) is 9.55 Å². The molecule has 1 aromatic heterocycles. The normalized spacial score (nSPS) is 27.2. The second kappa shape index (κ2) is 4.29. The molecule has 1 unspecified atom stereocenters.